The van der Waals surface area contributed by atoms with E-state index in [4.69, 9.17) is 5.11 Å². The van der Waals surface area contributed by atoms with Crippen LogP contribution in [0.15, 0.2) is 0 Å². The minimum Gasteiger partial charge on any atom is -0.481 e. The number of carboxylic acids is 1. The van der Waals surface area contributed by atoms with Crippen molar-refractivity contribution < 1.29 is 14.7 Å². The molecule has 4 nitrogen and oxygen atoms in total. The van der Waals surface area contributed by atoms with Crippen molar-refractivity contribution in [2.24, 2.45) is 23.7 Å². The minimum absolute atomic E-state index is 0.0705. The number of hydrogen-bond donors (Lipinski definition) is 1. The molecule has 4 heteroatoms. The van der Waals surface area contributed by atoms with Crippen LogP contribution in [0.2, 0.25) is 0 Å². The molecule has 0 saturated heterocycles. The molecule has 2 fully saturated rings. The number of carbonyl (C=O) groups excluding carboxylic acids is 1. The van der Waals surface area contributed by atoms with Gasteiger partial charge in [-0.15, -0.1) is 0 Å². The standard InChI is InChI=1S/C14H23NO3/c1-9-6-12(9)8-15(2)13(16)10-4-3-5-11(7-10)14(17)18/h9-12H,3-8H2,1-2H3,(H,17,18). The maximum atomic E-state index is 12.3. The van der Waals surface area contributed by atoms with Gasteiger partial charge >= 0.3 is 5.97 Å². The van der Waals surface area contributed by atoms with E-state index in [9.17, 15) is 9.59 Å². The molecular formula is C14H23NO3. The minimum atomic E-state index is -0.744. The third kappa shape index (κ3) is 3.03. The van der Waals surface area contributed by atoms with Crippen LogP contribution in [0.1, 0.15) is 39.0 Å². The summed E-state index contributed by atoms with van der Waals surface area (Å²) in [5.41, 5.74) is 0. The largest absolute Gasteiger partial charge is 0.481 e. The summed E-state index contributed by atoms with van der Waals surface area (Å²) in [6.07, 6.45) is 4.19. The molecule has 2 aliphatic rings. The monoisotopic (exact) mass is 253 g/mol. The predicted octanol–water partition coefficient (Wildman–Crippen LogP) is 1.99. The number of amides is 1. The molecule has 2 saturated carbocycles. The number of carbonyl (C=O) groups is 2. The van der Waals surface area contributed by atoms with Crippen LogP contribution in [0.5, 0.6) is 0 Å². The van der Waals surface area contributed by atoms with Crippen LogP contribution >= 0.6 is 0 Å². The summed E-state index contributed by atoms with van der Waals surface area (Å²) in [6.45, 7) is 3.05. The fourth-order valence-electron chi connectivity index (χ4n) is 3.05. The first-order chi connectivity index (χ1) is 8.49. The highest BCUT2D eigenvalue weighted by Gasteiger charge is 2.37. The molecule has 0 aliphatic heterocycles. The van der Waals surface area contributed by atoms with Gasteiger partial charge in [-0.1, -0.05) is 13.3 Å². The first kappa shape index (κ1) is 13.4. The van der Waals surface area contributed by atoms with Crippen LogP contribution in [0, 0.1) is 23.7 Å². The Morgan fingerprint density at radius 1 is 1.22 bits per heavy atom. The lowest BCUT2D eigenvalue weighted by Gasteiger charge is -2.29. The smallest absolute Gasteiger partial charge is 0.306 e. The Kier molecular flexibility index (Phi) is 3.93. The Labute approximate surface area is 108 Å². The van der Waals surface area contributed by atoms with E-state index in [0.717, 1.165) is 31.7 Å². The van der Waals surface area contributed by atoms with Crippen molar-refractivity contribution in [3.8, 4) is 0 Å². The van der Waals surface area contributed by atoms with Crippen LogP contribution in [0.25, 0.3) is 0 Å². The molecule has 4 atom stereocenters. The van der Waals surface area contributed by atoms with Gasteiger partial charge in [0.1, 0.15) is 0 Å². The molecule has 0 aromatic rings. The summed E-state index contributed by atoms with van der Waals surface area (Å²) in [7, 11) is 1.86. The van der Waals surface area contributed by atoms with E-state index in [0.29, 0.717) is 12.3 Å². The third-order valence-electron chi connectivity index (χ3n) is 4.53. The number of nitrogens with zero attached hydrogens (tertiary/aromatic N) is 1. The van der Waals surface area contributed by atoms with Gasteiger partial charge in [-0.2, -0.15) is 0 Å². The molecule has 102 valence electrons. The lowest BCUT2D eigenvalue weighted by Crippen LogP contribution is -2.37. The summed E-state index contributed by atoms with van der Waals surface area (Å²) < 4.78 is 0. The summed E-state index contributed by atoms with van der Waals surface area (Å²) >= 11 is 0. The topological polar surface area (TPSA) is 57.6 Å². The van der Waals surface area contributed by atoms with Crippen LogP contribution in [-0.4, -0.2) is 35.5 Å². The molecule has 2 rings (SSSR count). The second kappa shape index (κ2) is 5.29. The highest BCUT2D eigenvalue weighted by Crippen LogP contribution is 2.38. The molecule has 1 amide bonds. The van der Waals surface area contributed by atoms with Gasteiger partial charge in [0, 0.05) is 19.5 Å². The van der Waals surface area contributed by atoms with Crippen molar-refractivity contribution in [1.29, 1.82) is 0 Å². The Hall–Kier alpha value is -1.06. The summed E-state index contributed by atoms with van der Waals surface area (Å²) in [5, 5.41) is 9.04. The summed E-state index contributed by atoms with van der Waals surface area (Å²) in [5.74, 6) is 0.432. The number of aliphatic carboxylic acids is 1. The van der Waals surface area contributed by atoms with Crippen molar-refractivity contribution in [3.05, 3.63) is 0 Å². The van der Waals surface area contributed by atoms with Gasteiger partial charge in [0.2, 0.25) is 5.91 Å². The van der Waals surface area contributed by atoms with Gasteiger partial charge in [-0.3, -0.25) is 9.59 Å². The average Bonchev–Trinajstić information content (AvgIpc) is 3.04. The quantitative estimate of drug-likeness (QED) is 0.833. The van der Waals surface area contributed by atoms with Crippen molar-refractivity contribution in [2.75, 3.05) is 13.6 Å². The SMILES string of the molecule is CC1CC1CN(C)C(=O)C1CCCC(C(=O)O)C1. The van der Waals surface area contributed by atoms with E-state index < -0.39 is 5.97 Å². The van der Waals surface area contributed by atoms with Crippen LogP contribution in [0.3, 0.4) is 0 Å². The summed E-state index contributed by atoms with van der Waals surface area (Å²) in [6, 6.07) is 0. The lowest BCUT2D eigenvalue weighted by molar-refractivity contribution is -0.145. The predicted molar refractivity (Wildman–Crippen MR) is 68.0 cm³/mol. The van der Waals surface area contributed by atoms with Gasteiger partial charge in [0.25, 0.3) is 0 Å². The first-order valence-corrected chi connectivity index (χ1v) is 6.96. The second-order valence-electron chi connectivity index (χ2n) is 6.09. The molecule has 4 unspecified atom stereocenters. The van der Waals surface area contributed by atoms with Crippen molar-refractivity contribution in [1.82, 2.24) is 4.90 Å². The van der Waals surface area contributed by atoms with E-state index in [1.54, 1.807) is 0 Å². The van der Waals surface area contributed by atoms with Crippen molar-refractivity contribution >= 4 is 11.9 Å². The number of hydrogen-bond acceptors (Lipinski definition) is 2. The molecule has 2 aliphatic carbocycles. The van der Waals surface area contributed by atoms with Crippen molar-refractivity contribution in [3.63, 3.8) is 0 Å². The number of carboxylic acid groups (broad SMARTS) is 1. The Morgan fingerprint density at radius 3 is 2.39 bits per heavy atom. The lowest BCUT2D eigenvalue weighted by atomic mass is 9.81. The van der Waals surface area contributed by atoms with Crippen LogP contribution in [0.4, 0.5) is 0 Å². The molecule has 0 aromatic carbocycles. The average molecular weight is 253 g/mol. The van der Waals surface area contributed by atoms with E-state index in [1.165, 1.54) is 6.42 Å². The van der Waals surface area contributed by atoms with Gasteiger partial charge in [0.15, 0.2) is 0 Å². The zero-order valence-corrected chi connectivity index (χ0v) is 11.3. The van der Waals surface area contributed by atoms with E-state index in [1.807, 2.05) is 11.9 Å². The normalized spacial score (nSPS) is 35.0. The Bertz CT molecular complexity index is 342. The maximum Gasteiger partial charge on any atom is 0.306 e. The number of rotatable bonds is 4. The molecular weight excluding hydrogens is 230 g/mol. The highest BCUT2D eigenvalue weighted by molar-refractivity contribution is 5.80. The van der Waals surface area contributed by atoms with E-state index >= 15 is 0 Å². The second-order valence-corrected chi connectivity index (χ2v) is 6.09. The fourth-order valence-corrected chi connectivity index (χ4v) is 3.05. The van der Waals surface area contributed by atoms with Gasteiger partial charge in [-0.25, -0.2) is 0 Å². The van der Waals surface area contributed by atoms with E-state index in [-0.39, 0.29) is 17.7 Å². The highest BCUT2D eigenvalue weighted by atomic mass is 16.4. The molecule has 18 heavy (non-hydrogen) atoms. The molecule has 0 aromatic heterocycles. The molecule has 0 heterocycles. The Morgan fingerprint density at radius 2 is 1.83 bits per heavy atom. The molecule has 1 N–H and O–H groups in total. The van der Waals surface area contributed by atoms with Crippen LogP contribution in [-0.2, 0) is 9.59 Å². The zero-order chi connectivity index (χ0) is 13.3. The maximum absolute atomic E-state index is 12.3. The van der Waals surface area contributed by atoms with Gasteiger partial charge in [0.05, 0.1) is 5.92 Å². The third-order valence-corrected chi connectivity index (χ3v) is 4.53. The molecule has 0 spiro atoms. The first-order valence-electron chi connectivity index (χ1n) is 6.96. The van der Waals surface area contributed by atoms with Gasteiger partial charge in [-0.05, 0) is 37.5 Å². The van der Waals surface area contributed by atoms with Crippen molar-refractivity contribution in [2.45, 2.75) is 39.0 Å². The van der Waals surface area contributed by atoms with Crippen LogP contribution < -0.4 is 0 Å². The summed E-state index contributed by atoms with van der Waals surface area (Å²) in [4.78, 5) is 25.1. The molecule has 0 radical (unpaired) electrons. The zero-order valence-electron chi connectivity index (χ0n) is 11.3. The van der Waals surface area contributed by atoms with Gasteiger partial charge < -0.3 is 10.0 Å². The van der Waals surface area contributed by atoms with E-state index in [2.05, 4.69) is 6.92 Å². The molecule has 0 bridgehead atoms. The Balaban J connectivity index is 1.85. The fraction of sp³-hybridized carbons (Fsp3) is 0.857.